The molecule has 1 aromatic rings. The fourth-order valence-electron chi connectivity index (χ4n) is 0.792. The van der Waals surface area contributed by atoms with E-state index in [1.165, 1.54) is 11.8 Å². The summed E-state index contributed by atoms with van der Waals surface area (Å²) in [5.74, 6) is 0.125. The third kappa shape index (κ3) is 2.50. The van der Waals surface area contributed by atoms with Crippen molar-refractivity contribution in [3.8, 4) is 6.07 Å². The maximum atomic E-state index is 8.62. The summed E-state index contributed by atoms with van der Waals surface area (Å²) in [6.07, 6.45) is 0. The average Bonchev–Trinajstić information content (AvgIpc) is 2.10. The van der Waals surface area contributed by atoms with E-state index in [2.05, 4.69) is 9.97 Å². The van der Waals surface area contributed by atoms with E-state index in [-0.39, 0.29) is 16.7 Å². The maximum absolute atomic E-state index is 8.62. The molecule has 1 rings (SSSR count). The second-order valence-corrected chi connectivity index (χ2v) is 4.76. The van der Waals surface area contributed by atoms with Crippen molar-refractivity contribution in [1.82, 2.24) is 9.97 Å². The summed E-state index contributed by atoms with van der Waals surface area (Å²) in [7, 11) is 0. The summed E-state index contributed by atoms with van der Waals surface area (Å²) in [4.78, 5) is 7.85. The zero-order valence-electron chi connectivity index (χ0n) is 7.78. The largest absolute Gasteiger partial charge is 0.381 e. The van der Waals surface area contributed by atoms with Gasteiger partial charge in [0.2, 0.25) is 0 Å². The highest BCUT2D eigenvalue weighted by Gasteiger charge is 2.11. The standard InChI is InChI=1S/C8H9ClN4S/c1-4(2)14-8-6(9)12-5(3-10)7(11)13-8/h4H,1-2H3,(H2,11,13). The molecule has 1 aromatic heterocycles. The Kier molecular flexibility index (Phi) is 3.55. The van der Waals surface area contributed by atoms with Crippen LogP contribution in [0, 0.1) is 11.3 Å². The van der Waals surface area contributed by atoms with E-state index in [0.717, 1.165) is 0 Å². The van der Waals surface area contributed by atoms with Crippen molar-refractivity contribution < 1.29 is 0 Å². The molecule has 0 bridgehead atoms. The zero-order chi connectivity index (χ0) is 10.7. The van der Waals surface area contributed by atoms with E-state index in [1.54, 1.807) is 0 Å². The first-order valence-corrected chi connectivity index (χ1v) is 5.20. The first kappa shape index (κ1) is 11.1. The van der Waals surface area contributed by atoms with Crippen LogP contribution in [0.1, 0.15) is 19.5 Å². The van der Waals surface area contributed by atoms with Gasteiger partial charge >= 0.3 is 0 Å². The molecule has 6 heteroatoms. The van der Waals surface area contributed by atoms with Crippen molar-refractivity contribution in [1.29, 1.82) is 5.26 Å². The molecule has 0 unspecified atom stereocenters. The van der Waals surface area contributed by atoms with Crippen LogP contribution in [0.3, 0.4) is 0 Å². The Labute approximate surface area is 91.5 Å². The number of nitrogens with two attached hydrogens (primary N) is 1. The van der Waals surface area contributed by atoms with Gasteiger partial charge in [-0.2, -0.15) is 5.26 Å². The van der Waals surface area contributed by atoms with Crippen LogP contribution in [-0.2, 0) is 0 Å². The molecule has 0 atom stereocenters. The lowest BCUT2D eigenvalue weighted by Crippen LogP contribution is -2.01. The monoisotopic (exact) mass is 228 g/mol. The number of hydrogen-bond donors (Lipinski definition) is 1. The highest BCUT2D eigenvalue weighted by atomic mass is 35.5. The summed E-state index contributed by atoms with van der Waals surface area (Å²) in [5, 5.41) is 9.76. The Bertz CT molecular complexity index is 386. The Morgan fingerprint density at radius 1 is 1.50 bits per heavy atom. The number of thioether (sulfide) groups is 1. The molecule has 0 aliphatic carbocycles. The Balaban J connectivity index is 3.10. The van der Waals surface area contributed by atoms with Gasteiger partial charge in [-0.15, -0.1) is 11.8 Å². The van der Waals surface area contributed by atoms with Crippen LogP contribution in [0.2, 0.25) is 5.15 Å². The summed E-state index contributed by atoms with van der Waals surface area (Å²) in [6, 6.07) is 1.82. The SMILES string of the molecule is CC(C)Sc1nc(N)c(C#N)nc1Cl. The number of anilines is 1. The van der Waals surface area contributed by atoms with E-state index in [4.69, 9.17) is 22.6 Å². The molecule has 74 valence electrons. The molecule has 0 spiro atoms. The Hall–Kier alpha value is -0.990. The van der Waals surface area contributed by atoms with Gasteiger partial charge in [-0.25, -0.2) is 9.97 Å². The minimum absolute atomic E-state index is 0.0723. The highest BCUT2D eigenvalue weighted by Crippen LogP contribution is 2.28. The molecule has 0 aliphatic heterocycles. The number of nitrogens with zero attached hydrogens (tertiary/aromatic N) is 3. The first-order chi connectivity index (χ1) is 6.54. The Morgan fingerprint density at radius 3 is 2.64 bits per heavy atom. The predicted molar refractivity (Wildman–Crippen MR) is 57.2 cm³/mol. The quantitative estimate of drug-likeness (QED) is 0.785. The van der Waals surface area contributed by atoms with Crippen molar-refractivity contribution in [3.63, 3.8) is 0 Å². The minimum Gasteiger partial charge on any atom is -0.381 e. The van der Waals surface area contributed by atoms with Gasteiger partial charge < -0.3 is 5.73 Å². The molecule has 0 aliphatic rings. The van der Waals surface area contributed by atoms with Gasteiger partial charge in [-0.3, -0.25) is 0 Å². The van der Waals surface area contributed by atoms with Crippen LogP contribution in [0.25, 0.3) is 0 Å². The number of rotatable bonds is 2. The smallest absolute Gasteiger partial charge is 0.184 e. The maximum Gasteiger partial charge on any atom is 0.184 e. The topological polar surface area (TPSA) is 75.6 Å². The third-order valence-corrected chi connectivity index (χ3v) is 2.66. The lowest BCUT2D eigenvalue weighted by Gasteiger charge is -2.06. The second kappa shape index (κ2) is 4.49. The van der Waals surface area contributed by atoms with E-state index >= 15 is 0 Å². The summed E-state index contributed by atoms with van der Waals surface area (Å²) < 4.78 is 0. The number of nitriles is 1. The average molecular weight is 229 g/mol. The predicted octanol–water partition coefficient (Wildman–Crippen LogP) is 2.08. The van der Waals surface area contributed by atoms with E-state index in [0.29, 0.717) is 10.3 Å². The number of nitrogen functional groups attached to an aromatic ring is 1. The molecule has 0 saturated heterocycles. The highest BCUT2D eigenvalue weighted by molar-refractivity contribution is 7.99. The van der Waals surface area contributed by atoms with Crippen molar-refractivity contribution in [2.75, 3.05) is 5.73 Å². The number of aromatic nitrogens is 2. The van der Waals surface area contributed by atoms with Crippen LogP contribution in [-0.4, -0.2) is 15.2 Å². The van der Waals surface area contributed by atoms with Crippen LogP contribution >= 0.6 is 23.4 Å². The zero-order valence-corrected chi connectivity index (χ0v) is 9.35. The van der Waals surface area contributed by atoms with E-state index in [1.807, 2.05) is 19.9 Å². The second-order valence-electron chi connectivity index (χ2n) is 2.83. The van der Waals surface area contributed by atoms with Crippen molar-refractivity contribution in [2.24, 2.45) is 0 Å². The molecule has 0 radical (unpaired) electrons. The Morgan fingerprint density at radius 2 is 2.14 bits per heavy atom. The fraction of sp³-hybridized carbons (Fsp3) is 0.375. The summed E-state index contributed by atoms with van der Waals surface area (Å²) in [6.45, 7) is 4.02. The van der Waals surface area contributed by atoms with Gasteiger partial charge in [-0.1, -0.05) is 25.4 Å². The van der Waals surface area contributed by atoms with Gasteiger partial charge in [0.25, 0.3) is 0 Å². The molecule has 0 fully saturated rings. The summed E-state index contributed by atoms with van der Waals surface area (Å²) in [5.41, 5.74) is 5.58. The molecule has 1 heterocycles. The van der Waals surface area contributed by atoms with Crippen LogP contribution in [0.5, 0.6) is 0 Å². The van der Waals surface area contributed by atoms with Crippen LogP contribution < -0.4 is 5.73 Å². The van der Waals surface area contributed by atoms with Gasteiger partial charge in [0.15, 0.2) is 16.7 Å². The fourth-order valence-corrected chi connectivity index (χ4v) is 1.79. The molecule has 4 nitrogen and oxygen atoms in total. The molecular formula is C8H9ClN4S. The van der Waals surface area contributed by atoms with Crippen LogP contribution in [0.15, 0.2) is 5.03 Å². The molecule has 0 aromatic carbocycles. The third-order valence-electron chi connectivity index (χ3n) is 1.30. The molecular weight excluding hydrogens is 220 g/mol. The molecule has 0 amide bonds. The first-order valence-electron chi connectivity index (χ1n) is 3.94. The molecule has 14 heavy (non-hydrogen) atoms. The van der Waals surface area contributed by atoms with E-state index < -0.39 is 0 Å². The summed E-state index contributed by atoms with van der Waals surface area (Å²) >= 11 is 7.29. The lowest BCUT2D eigenvalue weighted by molar-refractivity contribution is 1.03. The molecule has 0 saturated carbocycles. The van der Waals surface area contributed by atoms with E-state index in [9.17, 15) is 0 Å². The number of hydrogen-bond acceptors (Lipinski definition) is 5. The normalized spacial score (nSPS) is 10.2. The lowest BCUT2D eigenvalue weighted by atomic mass is 10.4. The van der Waals surface area contributed by atoms with Gasteiger partial charge in [0.05, 0.1) is 0 Å². The minimum atomic E-state index is 0.0723. The van der Waals surface area contributed by atoms with Gasteiger partial charge in [0, 0.05) is 5.25 Å². The van der Waals surface area contributed by atoms with Gasteiger partial charge in [0.1, 0.15) is 11.1 Å². The van der Waals surface area contributed by atoms with Gasteiger partial charge in [-0.05, 0) is 0 Å². The number of halogens is 1. The van der Waals surface area contributed by atoms with Crippen molar-refractivity contribution in [3.05, 3.63) is 10.8 Å². The van der Waals surface area contributed by atoms with Crippen molar-refractivity contribution >= 4 is 29.2 Å². The van der Waals surface area contributed by atoms with Crippen molar-refractivity contribution in [2.45, 2.75) is 24.1 Å². The van der Waals surface area contributed by atoms with Crippen LogP contribution in [0.4, 0.5) is 5.82 Å². The molecule has 2 N–H and O–H groups in total.